The minimum absolute atomic E-state index is 0.00116. The Morgan fingerprint density at radius 1 is 0.844 bits per heavy atom. The van der Waals surface area contributed by atoms with Gasteiger partial charge >= 0.3 is 11.9 Å². The molecule has 3 N–H and O–H groups in total. The van der Waals surface area contributed by atoms with Gasteiger partial charge in [0.05, 0.1) is 45.9 Å². The number of rotatable bonds is 12. The van der Waals surface area contributed by atoms with Crippen molar-refractivity contribution in [3.8, 4) is 5.69 Å². The first-order valence-corrected chi connectivity index (χ1v) is 16.3. The molecule has 0 bridgehead atoms. The van der Waals surface area contributed by atoms with Gasteiger partial charge in [-0.2, -0.15) is 26.9 Å². The summed E-state index contributed by atoms with van der Waals surface area (Å²) in [4.78, 5) is 51.4. The molecule has 0 spiro atoms. The number of hydrogen-bond acceptors (Lipinski definition) is 11. The van der Waals surface area contributed by atoms with E-state index in [0.29, 0.717) is 0 Å². The van der Waals surface area contributed by atoms with E-state index in [4.69, 9.17) is 9.47 Å². The van der Waals surface area contributed by atoms with Crippen LogP contribution in [-0.2, 0) is 45.7 Å². The summed E-state index contributed by atoms with van der Waals surface area (Å²) in [6, 6.07) is 9.23. The first-order chi connectivity index (χ1) is 21.2. The summed E-state index contributed by atoms with van der Waals surface area (Å²) in [7, 11) is -8.97. The van der Waals surface area contributed by atoms with Crippen LogP contribution < -0.4 is 10.6 Å². The fraction of sp³-hybridized carbons (Fsp3) is 0.296. The molecule has 1 aliphatic heterocycles. The highest BCUT2D eigenvalue weighted by molar-refractivity contribution is 7.86. The lowest BCUT2D eigenvalue weighted by molar-refractivity contribution is -0.135. The van der Waals surface area contributed by atoms with Crippen molar-refractivity contribution < 1.29 is 49.8 Å². The molecule has 1 unspecified atom stereocenters. The van der Waals surface area contributed by atoms with Crippen LogP contribution in [0.25, 0.3) is 5.69 Å². The van der Waals surface area contributed by atoms with Crippen molar-refractivity contribution >= 4 is 49.5 Å². The molecule has 18 heteroatoms. The maximum Gasteiger partial charge on any atom is 0.356 e. The van der Waals surface area contributed by atoms with Crippen molar-refractivity contribution in [3.05, 3.63) is 70.1 Å². The number of aromatic amines is 1. The molecule has 1 atom stereocenters. The van der Waals surface area contributed by atoms with Crippen LogP contribution in [0, 0.1) is 5.92 Å². The smallest absolute Gasteiger partial charge is 0.356 e. The lowest BCUT2D eigenvalue weighted by atomic mass is 9.95. The highest BCUT2D eigenvalue weighted by Gasteiger charge is 2.41. The number of nitrogens with one attached hydrogen (secondary N) is 1. The van der Waals surface area contributed by atoms with Gasteiger partial charge in [-0.1, -0.05) is 0 Å². The van der Waals surface area contributed by atoms with E-state index >= 15 is 0 Å². The zero-order chi connectivity index (χ0) is 33.1. The molecule has 16 nitrogen and oxygen atoms in total. The molecule has 4 rings (SSSR count). The quantitative estimate of drug-likeness (QED) is 0.186. The average Bonchev–Trinajstić information content (AvgIpc) is 3.49. The number of esters is 2. The Morgan fingerprint density at radius 3 is 1.87 bits per heavy atom. The van der Waals surface area contributed by atoms with Crippen molar-refractivity contribution in [1.82, 2.24) is 9.78 Å². The summed E-state index contributed by atoms with van der Waals surface area (Å²) in [6.45, 7) is 3.15. The van der Waals surface area contributed by atoms with Crippen LogP contribution in [-0.4, -0.2) is 72.5 Å². The molecule has 3 aromatic rings. The van der Waals surface area contributed by atoms with E-state index in [1.807, 2.05) is 0 Å². The molecular formula is C27H28N4O12S2. The molecule has 0 saturated heterocycles. The van der Waals surface area contributed by atoms with Gasteiger partial charge in [-0.3, -0.25) is 23.8 Å². The minimum Gasteiger partial charge on any atom is -0.461 e. The monoisotopic (exact) mass is 664 g/mol. The molecule has 0 radical (unpaired) electrons. The molecule has 1 amide bonds. The largest absolute Gasteiger partial charge is 0.461 e. The van der Waals surface area contributed by atoms with Gasteiger partial charge in [0.1, 0.15) is 5.69 Å². The summed E-state index contributed by atoms with van der Waals surface area (Å²) >= 11 is 0. The number of carbonyl (C=O) groups is 3. The van der Waals surface area contributed by atoms with Gasteiger partial charge in [0.15, 0.2) is 5.71 Å². The standard InChI is InChI=1S/C27H28N4O12S2/c1-3-42-26(34)22-20(24(32)30(28-22)16-8-12-18(13-9-16)44(36,37)38)6-5-7-21-23(27(35)43-4-2)29-31(25(21)33)17-10-14-19(15-11-17)45(39,40)41/h8-15,20,29H,3-7H2,1-2H3,(H,36,37,38)(H,39,40,41). The number of H-pyrrole nitrogens is 1. The summed E-state index contributed by atoms with van der Waals surface area (Å²) in [5.74, 6) is -3.42. The second-order valence-corrected chi connectivity index (χ2v) is 12.4. The van der Waals surface area contributed by atoms with Crippen LogP contribution in [0.1, 0.15) is 42.7 Å². The highest BCUT2D eigenvalue weighted by Crippen LogP contribution is 2.29. The molecule has 1 aromatic heterocycles. The summed E-state index contributed by atoms with van der Waals surface area (Å²) < 4.78 is 75.2. The highest BCUT2D eigenvalue weighted by atomic mass is 32.2. The maximum absolute atomic E-state index is 13.4. The van der Waals surface area contributed by atoms with Crippen LogP contribution in [0.3, 0.4) is 0 Å². The molecule has 240 valence electrons. The molecule has 2 aromatic carbocycles. The first-order valence-electron chi connectivity index (χ1n) is 13.4. The van der Waals surface area contributed by atoms with Gasteiger partial charge in [-0.25, -0.2) is 14.3 Å². The summed E-state index contributed by atoms with van der Waals surface area (Å²) in [5.41, 5.74) is -0.757. The number of ether oxygens (including phenoxy) is 2. The number of anilines is 1. The van der Waals surface area contributed by atoms with Crippen LogP contribution in [0.15, 0.2) is 68.2 Å². The normalized spacial score (nSPS) is 15.2. The zero-order valence-corrected chi connectivity index (χ0v) is 25.5. The molecule has 0 saturated carbocycles. The third-order valence-electron chi connectivity index (χ3n) is 6.69. The number of hydrazone groups is 1. The molecule has 0 fully saturated rings. The third kappa shape index (κ3) is 7.19. The number of amides is 1. The lowest BCUT2D eigenvalue weighted by Crippen LogP contribution is -2.31. The van der Waals surface area contributed by atoms with E-state index in [2.05, 4.69) is 10.2 Å². The second kappa shape index (κ2) is 13.1. The molecule has 45 heavy (non-hydrogen) atoms. The van der Waals surface area contributed by atoms with Crippen molar-refractivity contribution in [3.63, 3.8) is 0 Å². The van der Waals surface area contributed by atoms with Crippen LogP contribution in [0.5, 0.6) is 0 Å². The predicted octanol–water partition coefficient (Wildman–Crippen LogP) is 1.74. The Hall–Kier alpha value is -4.65. The Balaban J connectivity index is 1.61. The van der Waals surface area contributed by atoms with Crippen LogP contribution in [0.4, 0.5) is 5.69 Å². The Morgan fingerprint density at radius 2 is 1.36 bits per heavy atom. The number of aromatic nitrogens is 2. The van der Waals surface area contributed by atoms with E-state index < -0.39 is 59.4 Å². The Kier molecular flexibility index (Phi) is 9.71. The number of carbonyl (C=O) groups excluding carboxylic acids is 3. The third-order valence-corrected chi connectivity index (χ3v) is 8.42. The van der Waals surface area contributed by atoms with Gasteiger partial charge in [-0.15, -0.1) is 0 Å². The lowest BCUT2D eigenvalue weighted by Gasteiger charge is -2.14. The average molecular weight is 665 g/mol. The topological polar surface area (TPSA) is 232 Å². The van der Waals surface area contributed by atoms with E-state index in [0.717, 1.165) is 34.0 Å². The number of hydrogen-bond donors (Lipinski definition) is 3. The summed E-state index contributed by atoms with van der Waals surface area (Å²) in [5, 5.41) is 7.70. The molecule has 1 aliphatic rings. The fourth-order valence-corrected chi connectivity index (χ4v) is 5.55. The van der Waals surface area contributed by atoms with Gasteiger partial charge in [0.2, 0.25) is 0 Å². The first kappa shape index (κ1) is 33.2. The molecule has 0 aliphatic carbocycles. The minimum atomic E-state index is -4.49. The van der Waals surface area contributed by atoms with E-state index in [-0.39, 0.29) is 60.8 Å². The van der Waals surface area contributed by atoms with E-state index in [1.54, 1.807) is 13.8 Å². The zero-order valence-electron chi connectivity index (χ0n) is 23.9. The maximum atomic E-state index is 13.4. The van der Waals surface area contributed by atoms with E-state index in [1.165, 1.54) is 24.3 Å². The van der Waals surface area contributed by atoms with Crippen LogP contribution in [0.2, 0.25) is 0 Å². The van der Waals surface area contributed by atoms with Crippen molar-refractivity contribution in [2.24, 2.45) is 11.0 Å². The number of nitrogens with zero attached hydrogens (tertiary/aromatic N) is 3. The molecule has 2 heterocycles. The Labute approximate surface area is 256 Å². The van der Waals surface area contributed by atoms with Crippen molar-refractivity contribution in [1.29, 1.82) is 0 Å². The van der Waals surface area contributed by atoms with Gasteiger partial charge in [-0.05, 0) is 81.6 Å². The number of benzene rings is 2. The molecular weight excluding hydrogens is 636 g/mol. The SMILES string of the molecule is CCOC(=O)C1=NN(c2ccc(S(=O)(=O)O)cc2)C(=O)C1CCCc1c(C(=O)OCC)[nH]n(-c2ccc(S(=O)(=O)O)cc2)c1=O. The van der Waals surface area contributed by atoms with Crippen molar-refractivity contribution in [2.45, 2.75) is 42.9 Å². The second-order valence-electron chi connectivity index (χ2n) is 9.56. The Bertz CT molecular complexity index is 1930. The van der Waals surface area contributed by atoms with E-state index in [9.17, 15) is 45.1 Å². The van der Waals surface area contributed by atoms with Gasteiger partial charge in [0.25, 0.3) is 31.7 Å². The van der Waals surface area contributed by atoms with Crippen molar-refractivity contribution in [2.75, 3.05) is 18.2 Å². The van der Waals surface area contributed by atoms with Crippen LogP contribution >= 0.6 is 0 Å². The van der Waals surface area contributed by atoms with Gasteiger partial charge < -0.3 is 9.47 Å². The predicted molar refractivity (Wildman–Crippen MR) is 156 cm³/mol. The fourth-order valence-electron chi connectivity index (χ4n) is 4.59. The summed E-state index contributed by atoms with van der Waals surface area (Å²) in [6.07, 6.45) is 0.0418. The van der Waals surface area contributed by atoms with Gasteiger partial charge in [0, 0.05) is 0 Å².